The molecule has 0 saturated heterocycles. The van der Waals surface area contributed by atoms with Crippen molar-refractivity contribution in [1.29, 1.82) is 0 Å². The van der Waals surface area contributed by atoms with E-state index >= 15 is 0 Å². The van der Waals surface area contributed by atoms with E-state index in [0.717, 1.165) is 17.9 Å². The van der Waals surface area contributed by atoms with Gasteiger partial charge in [0, 0.05) is 6.04 Å². The first-order valence-corrected chi connectivity index (χ1v) is 5.60. The van der Waals surface area contributed by atoms with Crippen LogP contribution in [0.2, 0.25) is 0 Å². The smallest absolute Gasteiger partial charge is 0.129 e. The first kappa shape index (κ1) is 10.6. The van der Waals surface area contributed by atoms with Crippen molar-refractivity contribution < 1.29 is 4.39 Å². The van der Waals surface area contributed by atoms with Gasteiger partial charge in [-0.25, -0.2) is 4.39 Å². The van der Waals surface area contributed by atoms with E-state index in [9.17, 15) is 4.39 Å². The van der Waals surface area contributed by atoms with E-state index < -0.39 is 0 Å². The van der Waals surface area contributed by atoms with Gasteiger partial charge >= 0.3 is 0 Å². The number of benzene rings is 1. The maximum absolute atomic E-state index is 13.4. The minimum absolute atomic E-state index is 0.0792. The molecule has 1 nitrogen and oxygen atoms in total. The lowest BCUT2D eigenvalue weighted by molar-refractivity contribution is 0.584. The average molecular weight is 207 g/mol. The summed E-state index contributed by atoms with van der Waals surface area (Å²) in [6, 6.07) is 3.85. The van der Waals surface area contributed by atoms with Crippen LogP contribution >= 0.6 is 0 Å². The summed E-state index contributed by atoms with van der Waals surface area (Å²) < 4.78 is 13.4. The summed E-state index contributed by atoms with van der Waals surface area (Å²) in [5, 5.41) is 0. The molecule has 82 valence electrons. The van der Waals surface area contributed by atoms with Crippen molar-refractivity contribution in [3.05, 3.63) is 34.6 Å². The molecule has 0 bridgehead atoms. The highest BCUT2D eigenvalue weighted by Crippen LogP contribution is 2.37. The lowest BCUT2D eigenvalue weighted by atomic mass is 9.98. The van der Waals surface area contributed by atoms with Crippen molar-refractivity contribution in [2.24, 2.45) is 11.7 Å². The number of rotatable bonds is 3. The number of aryl methyl sites for hydroxylation is 2. The minimum atomic E-state index is -0.0997. The number of halogens is 1. The van der Waals surface area contributed by atoms with Crippen molar-refractivity contribution in [2.45, 2.75) is 39.2 Å². The van der Waals surface area contributed by atoms with Gasteiger partial charge in [0.2, 0.25) is 0 Å². The second kappa shape index (κ2) is 3.93. The molecule has 0 spiro atoms. The van der Waals surface area contributed by atoms with Crippen molar-refractivity contribution in [1.82, 2.24) is 0 Å². The van der Waals surface area contributed by atoms with Gasteiger partial charge in [0.15, 0.2) is 0 Å². The predicted octanol–water partition coefficient (Wildman–Crippen LogP) is 3.24. The van der Waals surface area contributed by atoms with E-state index in [1.165, 1.54) is 12.8 Å². The SMILES string of the molecule is Cc1cc(C(N)CC2CC2)cc(C)c1F. The van der Waals surface area contributed by atoms with Crippen LogP contribution in [-0.4, -0.2) is 0 Å². The molecule has 1 saturated carbocycles. The second-order valence-electron chi connectivity index (χ2n) is 4.75. The van der Waals surface area contributed by atoms with Crippen LogP contribution < -0.4 is 5.73 Å². The molecule has 0 radical (unpaired) electrons. The van der Waals surface area contributed by atoms with Crippen LogP contribution in [-0.2, 0) is 0 Å². The summed E-state index contributed by atoms with van der Waals surface area (Å²) in [7, 11) is 0. The van der Waals surface area contributed by atoms with E-state index in [4.69, 9.17) is 5.73 Å². The monoisotopic (exact) mass is 207 g/mol. The Balaban J connectivity index is 2.19. The second-order valence-corrected chi connectivity index (χ2v) is 4.75. The molecule has 1 aliphatic carbocycles. The molecule has 0 heterocycles. The van der Waals surface area contributed by atoms with Crippen molar-refractivity contribution in [3.63, 3.8) is 0 Å². The molecule has 1 aromatic carbocycles. The highest BCUT2D eigenvalue weighted by Gasteiger charge is 2.24. The molecule has 0 aliphatic heterocycles. The van der Waals surface area contributed by atoms with Gasteiger partial charge in [-0.2, -0.15) is 0 Å². The molecule has 1 unspecified atom stereocenters. The summed E-state index contributed by atoms with van der Waals surface area (Å²) in [5.41, 5.74) is 8.59. The molecule has 0 aromatic heterocycles. The molecule has 15 heavy (non-hydrogen) atoms. The van der Waals surface area contributed by atoms with Gasteiger partial charge in [0.05, 0.1) is 0 Å². The zero-order valence-electron chi connectivity index (χ0n) is 9.39. The summed E-state index contributed by atoms with van der Waals surface area (Å²) in [6.07, 6.45) is 3.67. The van der Waals surface area contributed by atoms with Crippen LogP contribution in [0.3, 0.4) is 0 Å². The quantitative estimate of drug-likeness (QED) is 0.809. The third kappa shape index (κ3) is 2.37. The Labute approximate surface area is 90.5 Å². The first-order chi connectivity index (χ1) is 7.08. The molecular formula is C13H18FN. The fourth-order valence-corrected chi connectivity index (χ4v) is 2.04. The van der Waals surface area contributed by atoms with Crippen LogP contribution in [0.4, 0.5) is 4.39 Å². The van der Waals surface area contributed by atoms with Gasteiger partial charge < -0.3 is 5.73 Å². The maximum Gasteiger partial charge on any atom is 0.129 e. The zero-order chi connectivity index (χ0) is 11.0. The lowest BCUT2D eigenvalue weighted by Crippen LogP contribution is -2.12. The molecular weight excluding hydrogens is 189 g/mol. The Morgan fingerprint density at radius 2 is 1.87 bits per heavy atom. The molecule has 1 aromatic rings. The molecule has 0 amide bonds. The van der Waals surface area contributed by atoms with Gasteiger partial charge in [0.1, 0.15) is 5.82 Å². The van der Waals surface area contributed by atoms with Crippen molar-refractivity contribution in [3.8, 4) is 0 Å². The summed E-state index contributed by atoms with van der Waals surface area (Å²) >= 11 is 0. The Morgan fingerprint density at radius 3 is 2.33 bits per heavy atom. The topological polar surface area (TPSA) is 26.0 Å². The highest BCUT2D eigenvalue weighted by molar-refractivity contribution is 5.32. The molecule has 1 fully saturated rings. The van der Waals surface area contributed by atoms with Gasteiger partial charge in [-0.15, -0.1) is 0 Å². The first-order valence-electron chi connectivity index (χ1n) is 5.60. The number of hydrogen-bond donors (Lipinski definition) is 1. The number of hydrogen-bond acceptors (Lipinski definition) is 1. The molecule has 1 aliphatic rings. The number of nitrogens with two attached hydrogens (primary N) is 1. The third-order valence-electron chi connectivity index (χ3n) is 3.17. The van der Waals surface area contributed by atoms with Gasteiger partial charge in [-0.1, -0.05) is 25.0 Å². The standard InChI is InChI=1S/C13H18FN/c1-8-5-11(6-9(2)13(8)14)12(15)7-10-3-4-10/h5-6,10,12H,3-4,7,15H2,1-2H3. The van der Waals surface area contributed by atoms with Crippen molar-refractivity contribution in [2.75, 3.05) is 0 Å². The predicted molar refractivity (Wildman–Crippen MR) is 60.1 cm³/mol. The minimum Gasteiger partial charge on any atom is -0.324 e. The summed E-state index contributed by atoms with van der Waals surface area (Å²) in [6.45, 7) is 3.60. The van der Waals surface area contributed by atoms with E-state index in [2.05, 4.69) is 0 Å². The van der Waals surface area contributed by atoms with Gasteiger partial charge in [-0.3, -0.25) is 0 Å². The average Bonchev–Trinajstić information content (AvgIpc) is 2.97. The Hall–Kier alpha value is -0.890. The van der Waals surface area contributed by atoms with Gasteiger partial charge in [0.25, 0.3) is 0 Å². The Morgan fingerprint density at radius 1 is 1.33 bits per heavy atom. The zero-order valence-corrected chi connectivity index (χ0v) is 9.39. The summed E-state index contributed by atoms with van der Waals surface area (Å²) in [4.78, 5) is 0. The maximum atomic E-state index is 13.4. The molecule has 2 rings (SSSR count). The van der Waals surface area contributed by atoms with Crippen LogP contribution in [0.5, 0.6) is 0 Å². The van der Waals surface area contributed by atoms with Crippen LogP contribution in [0.25, 0.3) is 0 Å². The van der Waals surface area contributed by atoms with E-state index in [0.29, 0.717) is 11.1 Å². The van der Waals surface area contributed by atoms with Crippen LogP contribution in [0.1, 0.15) is 42.0 Å². The molecule has 2 N–H and O–H groups in total. The van der Waals surface area contributed by atoms with Crippen molar-refractivity contribution >= 4 is 0 Å². The molecule has 2 heteroatoms. The largest absolute Gasteiger partial charge is 0.324 e. The fourth-order valence-electron chi connectivity index (χ4n) is 2.04. The summed E-state index contributed by atoms with van der Waals surface area (Å²) in [5.74, 6) is 0.711. The Kier molecular flexibility index (Phi) is 2.79. The van der Waals surface area contributed by atoms with Gasteiger partial charge in [-0.05, 0) is 42.9 Å². The normalized spacial score (nSPS) is 17.9. The lowest BCUT2D eigenvalue weighted by Gasteiger charge is -2.13. The van der Waals surface area contributed by atoms with E-state index in [-0.39, 0.29) is 11.9 Å². The Bertz CT molecular complexity index is 346. The van der Waals surface area contributed by atoms with E-state index in [1.54, 1.807) is 13.8 Å². The highest BCUT2D eigenvalue weighted by atomic mass is 19.1. The third-order valence-corrected chi connectivity index (χ3v) is 3.17. The fraction of sp³-hybridized carbons (Fsp3) is 0.538. The van der Waals surface area contributed by atoms with E-state index in [1.807, 2.05) is 12.1 Å². The molecule has 1 atom stereocenters. The van der Waals surface area contributed by atoms with Crippen LogP contribution in [0.15, 0.2) is 12.1 Å². The van der Waals surface area contributed by atoms with Crippen LogP contribution in [0, 0.1) is 25.6 Å².